The standard InChI is InChI=1S/C12H16FNO2S/c1-7(5-8(2)15)14-12(16)9-3-4-10(13)11(17)6-9/h3-4,6-8,15,17H,5H2,1-2H3,(H,14,16). The Labute approximate surface area is 105 Å². The van der Waals surface area contributed by atoms with Crippen LogP contribution in [-0.4, -0.2) is 23.2 Å². The summed E-state index contributed by atoms with van der Waals surface area (Å²) in [4.78, 5) is 11.9. The molecule has 0 radical (unpaired) electrons. The van der Waals surface area contributed by atoms with Gasteiger partial charge in [0.05, 0.1) is 6.10 Å². The van der Waals surface area contributed by atoms with Gasteiger partial charge in [0.15, 0.2) is 0 Å². The van der Waals surface area contributed by atoms with Crippen molar-refractivity contribution in [3.8, 4) is 0 Å². The summed E-state index contributed by atoms with van der Waals surface area (Å²) in [6, 6.07) is 3.84. The molecule has 0 fully saturated rings. The summed E-state index contributed by atoms with van der Waals surface area (Å²) >= 11 is 3.91. The van der Waals surface area contributed by atoms with Crippen LogP contribution < -0.4 is 5.32 Å². The number of aliphatic hydroxyl groups excluding tert-OH is 1. The maximum atomic E-state index is 13.0. The highest BCUT2D eigenvalue weighted by molar-refractivity contribution is 7.80. The molecule has 0 saturated carbocycles. The maximum absolute atomic E-state index is 13.0. The highest BCUT2D eigenvalue weighted by Crippen LogP contribution is 2.14. The van der Waals surface area contributed by atoms with Gasteiger partial charge in [-0.2, -0.15) is 0 Å². The van der Waals surface area contributed by atoms with Crippen molar-refractivity contribution in [1.82, 2.24) is 5.32 Å². The summed E-state index contributed by atoms with van der Waals surface area (Å²) in [6.07, 6.45) is -0.000304. The van der Waals surface area contributed by atoms with E-state index < -0.39 is 11.9 Å². The first kappa shape index (κ1) is 14.0. The Bertz CT molecular complexity index is 409. The lowest BCUT2D eigenvalue weighted by Crippen LogP contribution is -2.34. The molecule has 17 heavy (non-hydrogen) atoms. The number of nitrogens with one attached hydrogen (secondary N) is 1. The number of thiol groups is 1. The van der Waals surface area contributed by atoms with Gasteiger partial charge in [-0.25, -0.2) is 4.39 Å². The van der Waals surface area contributed by atoms with Crippen LogP contribution in [0.4, 0.5) is 4.39 Å². The van der Waals surface area contributed by atoms with Gasteiger partial charge in [0.2, 0.25) is 0 Å². The monoisotopic (exact) mass is 257 g/mol. The van der Waals surface area contributed by atoms with Crippen molar-refractivity contribution in [2.45, 2.75) is 37.3 Å². The Morgan fingerprint density at radius 1 is 1.53 bits per heavy atom. The number of carbonyl (C=O) groups is 1. The number of benzene rings is 1. The Balaban J connectivity index is 2.66. The number of halogens is 1. The Hall–Kier alpha value is -1.07. The first-order chi connectivity index (χ1) is 7.90. The molecule has 1 aromatic carbocycles. The molecule has 0 spiro atoms. The van der Waals surface area contributed by atoms with E-state index in [0.717, 1.165) is 0 Å². The molecular formula is C12H16FNO2S. The third-order valence-electron chi connectivity index (χ3n) is 2.28. The summed E-state index contributed by atoms with van der Waals surface area (Å²) in [5.74, 6) is -0.754. The van der Waals surface area contributed by atoms with E-state index >= 15 is 0 Å². The summed E-state index contributed by atoms with van der Waals surface area (Å²) in [5, 5.41) is 11.9. The fraction of sp³-hybridized carbons (Fsp3) is 0.417. The van der Waals surface area contributed by atoms with Crippen LogP contribution in [-0.2, 0) is 0 Å². The van der Waals surface area contributed by atoms with Crippen LogP contribution in [0.15, 0.2) is 23.1 Å². The third-order valence-corrected chi connectivity index (χ3v) is 2.62. The minimum Gasteiger partial charge on any atom is -0.393 e. The van der Waals surface area contributed by atoms with E-state index in [2.05, 4.69) is 17.9 Å². The molecule has 0 aromatic heterocycles. The van der Waals surface area contributed by atoms with E-state index in [9.17, 15) is 14.3 Å². The zero-order chi connectivity index (χ0) is 13.0. The van der Waals surface area contributed by atoms with Crippen molar-refractivity contribution < 1.29 is 14.3 Å². The molecule has 0 aliphatic heterocycles. The Morgan fingerprint density at radius 2 is 2.18 bits per heavy atom. The number of rotatable bonds is 4. The Morgan fingerprint density at radius 3 is 2.71 bits per heavy atom. The van der Waals surface area contributed by atoms with Crippen LogP contribution in [0.25, 0.3) is 0 Å². The second-order valence-electron chi connectivity index (χ2n) is 4.13. The van der Waals surface area contributed by atoms with Crippen LogP contribution in [0.3, 0.4) is 0 Å². The minimum absolute atomic E-state index is 0.140. The van der Waals surface area contributed by atoms with Gasteiger partial charge in [-0.3, -0.25) is 4.79 Å². The van der Waals surface area contributed by atoms with Gasteiger partial charge in [-0.05, 0) is 38.5 Å². The van der Waals surface area contributed by atoms with Gasteiger partial charge in [0.1, 0.15) is 5.82 Å². The predicted molar refractivity (Wildman–Crippen MR) is 66.9 cm³/mol. The second kappa shape index (κ2) is 6.02. The van der Waals surface area contributed by atoms with E-state index in [1.807, 2.05) is 0 Å². The summed E-state index contributed by atoms with van der Waals surface area (Å²) in [7, 11) is 0. The van der Waals surface area contributed by atoms with Gasteiger partial charge < -0.3 is 10.4 Å². The topological polar surface area (TPSA) is 49.3 Å². The van der Waals surface area contributed by atoms with Gasteiger partial charge in [-0.15, -0.1) is 12.6 Å². The number of carbonyl (C=O) groups excluding carboxylic acids is 1. The van der Waals surface area contributed by atoms with Crippen molar-refractivity contribution in [2.24, 2.45) is 0 Å². The van der Waals surface area contributed by atoms with Crippen molar-refractivity contribution >= 4 is 18.5 Å². The van der Waals surface area contributed by atoms with Crippen molar-refractivity contribution in [3.63, 3.8) is 0 Å². The van der Waals surface area contributed by atoms with Gasteiger partial charge in [0.25, 0.3) is 5.91 Å². The van der Waals surface area contributed by atoms with Crippen molar-refractivity contribution in [2.75, 3.05) is 0 Å². The molecule has 1 amide bonds. The molecule has 1 aromatic rings. The zero-order valence-corrected chi connectivity index (χ0v) is 10.7. The quantitative estimate of drug-likeness (QED) is 0.723. The first-order valence-electron chi connectivity index (χ1n) is 5.37. The fourth-order valence-corrected chi connectivity index (χ4v) is 1.75. The van der Waals surface area contributed by atoms with E-state index in [1.54, 1.807) is 13.8 Å². The average Bonchev–Trinajstić information content (AvgIpc) is 2.20. The van der Waals surface area contributed by atoms with Crippen LogP contribution >= 0.6 is 12.6 Å². The second-order valence-corrected chi connectivity index (χ2v) is 4.61. The number of aliphatic hydroxyl groups is 1. The van der Waals surface area contributed by atoms with Gasteiger partial charge in [-0.1, -0.05) is 0 Å². The van der Waals surface area contributed by atoms with Gasteiger partial charge >= 0.3 is 0 Å². The highest BCUT2D eigenvalue weighted by atomic mass is 32.1. The minimum atomic E-state index is -0.473. The third kappa shape index (κ3) is 4.36. The Kier molecular flexibility index (Phi) is 4.96. The van der Waals surface area contributed by atoms with Crippen molar-refractivity contribution in [3.05, 3.63) is 29.6 Å². The molecular weight excluding hydrogens is 241 g/mol. The highest BCUT2D eigenvalue weighted by Gasteiger charge is 2.12. The van der Waals surface area contributed by atoms with E-state index in [1.165, 1.54) is 18.2 Å². The van der Waals surface area contributed by atoms with E-state index in [4.69, 9.17) is 0 Å². The molecule has 0 saturated heterocycles. The van der Waals surface area contributed by atoms with Crippen LogP contribution in [0.5, 0.6) is 0 Å². The molecule has 2 N–H and O–H groups in total. The molecule has 1 rings (SSSR count). The van der Waals surface area contributed by atoms with Crippen molar-refractivity contribution in [1.29, 1.82) is 0 Å². The molecule has 0 aliphatic carbocycles. The molecule has 2 atom stereocenters. The lowest BCUT2D eigenvalue weighted by molar-refractivity contribution is 0.0922. The molecule has 0 aliphatic rings. The number of amides is 1. The smallest absolute Gasteiger partial charge is 0.251 e. The predicted octanol–water partition coefficient (Wildman–Crippen LogP) is 2.00. The fourth-order valence-electron chi connectivity index (χ4n) is 1.53. The largest absolute Gasteiger partial charge is 0.393 e. The normalized spacial score (nSPS) is 14.2. The molecule has 5 heteroatoms. The molecule has 3 nitrogen and oxygen atoms in total. The lowest BCUT2D eigenvalue weighted by atomic mass is 10.1. The summed E-state index contributed by atoms with van der Waals surface area (Å²) in [5.41, 5.74) is 0.355. The number of hydrogen-bond acceptors (Lipinski definition) is 3. The number of hydrogen-bond donors (Lipinski definition) is 3. The summed E-state index contributed by atoms with van der Waals surface area (Å²) < 4.78 is 13.0. The average molecular weight is 257 g/mol. The first-order valence-corrected chi connectivity index (χ1v) is 5.82. The molecule has 94 valence electrons. The van der Waals surface area contributed by atoms with Crippen LogP contribution in [0.1, 0.15) is 30.6 Å². The van der Waals surface area contributed by atoms with Crippen LogP contribution in [0, 0.1) is 5.82 Å². The molecule has 2 unspecified atom stereocenters. The summed E-state index contributed by atoms with van der Waals surface area (Å²) in [6.45, 7) is 3.46. The lowest BCUT2D eigenvalue weighted by Gasteiger charge is -2.15. The van der Waals surface area contributed by atoms with E-state index in [-0.39, 0.29) is 16.8 Å². The SMILES string of the molecule is CC(O)CC(C)NC(=O)c1ccc(F)c(S)c1. The zero-order valence-electron chi connectivity index (χ0n) is 9.77. The van der Waals surface area contributed by atoms with Crippen LogP contribution in [0.2, 0.25) is 0 Å². The van der Waals surface area contributed by atoms with Gasteiger partial charge in [0, 0.05) is 16.5 Å². The molecule has 0 heterocycles. The maximum Gasteiger partial charge on any atom is 0.251 e. The molecule has 0 bridgehead atoms. The van der Waals surface area contributed by atoms with E-state index in [0.29, 0.717) is 12.0 Å².